The van der Waals surface area contributed by atoms with Gasteiger partial charge in [0.15, 0.2) is 22.4 Å². The Kier molecular flexibility index (Phi) is 6.54. The summed E-state index contributed by atoms with van der Waals surface area (Å²) in [5, 5.41) is 9.96. The molecule has 0 saturated carbocycles. The minimum atomic E-state index is -0.128. The molecule has 1 aliphatic heterocycles. The van der Waals surface area contributed by atoms with Crippen molar-refractivity contribution in [3.05, 3.63) is 117 Å². The van der Waals surface area contributed by atoms with Crippen molar-refractivity contribution in [2.45, 2.75) is 32.1 Å². The normalized spacial score (nSPS) is 12.4. The first-order valence-corrected chi connectivity index (χ1v) is 14.6. The Hall–Kier alpha value is -4.83. The van der Waals surface area contributed by atoms with Gasteiger partial charge < -0.3 is 14.0 Å². The number of carbonyl (C=O) groups excluding carboxylic acids is 1. The van der Waals surface area contributed by atoms with E-state index in [-0.39, 0.29) is 23.9 Å². The van der Waals surface area contributed by atoms with Crippen LogP contribution in [-0.4, -0.2) is 42.1 Å². The summed E-state index contributed by atoms with van der Waals surface area (Å²) in [6.07, 6.45) is 0. The number of ketones is 1. The molecule has 6 aromatic rings. The second-order valence-corrected chi connectivity index (χ2v) is 11.2. The molecule has 0 amide bonds. The number of hydrogen-bond acceptors (Lipinski definition) is 7. The Labute approximate surface area is 245 Å². The molecular weight excluding hydrogens is 550 g/mol. The van der Waals surface area contributed by atoms with Crippen LogP contribution in [0.2, 0.25) is 0 Å². The summed E-state index contributed by atoms with van der Waals surface area (Å²) in [5.74, 6) is 2.12. The smallest absolute Gasteiger partial charge is 0.263 e. The van der Waals surface area contributed by atoms with Crippen molar-refractivity contribution in [3.63, 3.8) is 0 Å². The van der Waals surface area contributed by atoms with Gasteiger partial charge in [-0.25, -0.2) is 0 Å². The lowest BCUT2D eigenvalue weighted by Crippen LogP contribution is -2.24. The predicted molar refractivity (Wildman–Crippen MR) is 161 cm³/mol. The zero-order valence-corrected chi connectivity index (χ0v) is 23.9. The lowest BCUT2D eigenvalue weighted by molar-refractivity contribution is 0.102. The Morgan fingerprint density at radius 1 is 0.857 bits per heavy atom. The van der Waals surface area contributed by atoms with Gasteiger partial charge >= 0.3 is 0 Å². The second kappa shape index (κ2) is 10.5. The molecule has 0 aliphatic carbocycles. The van der Waals surface area contributed by atoms with Crippen LogP contribution in [0.4, 0.5) is 0 Å². The molecular formula is C32H27N5O4S. The summed E-state index contributed by atoms with van der Waals surface area (Å²) in [4.78, 5) is 27.0. The summed E-state index contributed by atoms with van der Waals surface area (Å²) in [6.45, 7) is 5.20. The van der Waals surface area contributed by atoms with E-state index >= 15 is 0 Å². The van der Waals surface area contributed by atoms with Gasteiger partial charge in [-0.05, 0) is 55.3 Å². The van der Waals surface area contributed by atoms with Crippen LogP contribution in [0, 0.1) is 13.8 Å². The molecule has 0 radical (unpaired) electrons. The number of carbonyl (C=O) groups is 1. The minimum absolute atomic E-state index is 0.00343. The SMILES string of the molecule is Cc1cc(C(=O)CSc2nnc3n(Cc4ccccc4)c(=O)c4ccccc4n23)c(C)n1Cc1ccc2c(c1)OCO2. The van der Waals surface area contributed by atoms with Crippen LogP contribution in [0.15, 0.2) is 88.8 Å². The standard InChI is InChI=1S/C32H27N5O4S/c1-20-14-25(21(2)35(20)17-23-12-13-28-29(15-23)41-19-40-28)27(38)18-42-32-34-33-31-36(16-22-8-4-3-5-9-22)30(39)24-10-6-7-11-26(24)37(31)32/h3-15H,16-19H2,1-2H3. The molecule has 0 N–H and O–H groups in total. The van der Waals surface area contributed by atoms with Crippen molar-refractivity contribution in [2.75, 3.05) is 12.5 Å². The summed E-state index contributed by atoms with van der Waals surface area (Å²) >= 11 is 1.32. The number of para-hydroxylation sites is 1. The van der Waals surface area contributed by atoms with E-state index in [1.165, 1.54) is 11.8 Å². The van der Waals surface area contributed by atoms with Gasteiger partial charge in [0.1, 0.15) is 0 Å². The van der Waals surface area contributed by atoms with E-state index in [2.05, 4.69) is 14.8 Å². The monoisotopic (exact) mass is 577 g/mol. The molecule has 0 atom stereocenters. The number of aryl methyl sites for hydroxylation is 1. The number of thioether (sulfide) groups is 1. The van der Waals surface area contributed by atoms with Crippen LogP contribution in [0.1, 0.15) is 32.9 Å². The van der Waals surface area contributed by atoms with Crippen molar-refractivity contribution >= 4 is 34.2 Å². The van der Waals surface area contributed by atoms with Gasteiger partial charge in [-0.15, -0.1) is 10.2 Å². The number of hydrogen-bond donors (Lipinski definition) is 0. The quantitative estimate of drug-likeness (QED) is 0.180. The molecule has 0 spiro atoms. The van der Waals surface area contributed by atoms with Crippen molar-refractivity contribution < 1.29 is 14.3 Å². The van der Waals surface area contributed by atoms with Gasteiger partial charge in [0.25, 0.3) is 5.56 Å². The Bertz CT molecular complexity index is 2040. The van der Waals surface area contributed by atoms with Gasteiger partial charge in [0.05, 0.1) is 23.2 Å². The minimum Gasteiger partial charge on any atom is -0.454 e. The topological polar surface area (TPSA) is 92.7 Å². The molecule has 10 heteroatoms. The van der Waals surface area contributed by atoms with Crippen molar-refractivity contribution in [1.82, 2.24) is 23.7 Å². The summed E-state index contributed by atoms with van der Waals surface area (Å²) in [7, 11) is 0. The Morgan fingerprint density at radius 2 is 1.62 bits per heavy atom. The number of ether oxygens (including phenoxy) is 2. The van der Waals surface area contributed by atoms with Crippen molar-refractivity contribution in [2.24, 2.45) is 0 Å². The fraction of sp³-hybridized carbons (Fsp3) is 0.188. The predicted octanol–water partition coefficient (Wildman–Crippen LogP) is 5.26. The molecule has 1 aliphatic rings. The maximum atomic E-state index is 13.5. The molecule has 7 rings (SSSR count). The maximum absolute atomic E-state index is 13.5. The van der Waals surface area contributed by atoms with Crippen LogP contribution in [-0.2, 0) is 13.1 Å². The third-order valence-corrected chi connectivity index (χ3v) is 8.57. The fourth-order valence-electron chi connectivity index (χ4n) is 5.49. The molecule has 4 heterocycles. The third-order valence-electron chi connectivity index (χ3n) is 7.65. The first kappa shape index (κ1) is 26.1. The van der Waals surface area contributed by atoms with E-state index in [0.717, 1.165) is 34.0 Å². The van der Waals surface area contributed by atoms with Crippen molar-refractivity contribution in [1.29, 1.82) is 0 Å². The van der Waals surface area contributed by atoms with Gasteiger partial charge in [-0.1, -0.05) is 60.3 Å². The van der Waals surface area contributed by atoms with E-state index in [0.29, 0.717) is 40.5 Å². The molecule has 0 saturated heterocycles. The van der Waals surface area contributed by atoms with E-state index in [4.69, 9.17) is 9.47 Å². The van der Waals surface area contributed by atoms with Gasteiger partial charge in [0, 0.05) is 23.5 Å². The van der Waals surface area contributed by atoms with E-state index in [9.17, 15) is 9.59 Å². The van der Waals surface area contributed by atoms with Crippen LogP contribution in [0.3, 0.4) is 0 Å². The van der Waals surface area contributed by atoms with E-state index in [1.807, 2.05) is 97.1 Å². The van der Waals surface area contributed by atoms with Gasteiger partial charge in [-0.3, -0.25) is 18.6 Å². The lowest BCUT2D eigenvalue weighted by Gasteiger charge is -2.11. The highest BCUT2D eigenvalue weighted by molar-refractivity contribution is 7.99. The first-order chi connectivity index (χ1) is 20.5. The van der Waals surface area contributed by atoms with Crippen LogP contribution < -0.4 is 15.0 Å². The van der Waals surface area contributed by atoms with Crippen molar-refractivity contribution in [3.8, 4) is 11.5 Å². The highest BCUT2D eigenvalue weighted by Crippen LogP contribution is 2.33. The molecule has 0 fully saturated rings. The zero-order valence-electron chi connectivity index (χ0n) is 23.1. The lowest BCUT2D eigenvalue weighted by atomic mass is 10.1. The molecule has 0 unspecified atom stereocenters. The molecule has 0 bridgehead atoms. The number of Topliss-reactive ketones (excluding diaryl/α,β-unsaturated/α-hetero) is 1. The summed E-state index contributed by atoms with van der Waals surface area (Å²) in [6, 6.07) is 25.1. The van der Waals surface area contributed by atoms with Gasteiger partial charge in [-0.2, -0.15) is 0 Å². The van der Waals surface area contributed by atoms with Crippen LogP contribution in [0.25, 0.3) is 16.7 Å². The first-order valence-electron chi connectivity index (χ1n) is 13.6. The molecule has 3 aromatic heterocycles. The number of benzene rings is 3. The third kappa shape index (κ3) is 4.53. The number of fused-ring (bicyclic) bond motifs is 4. The van der Waals surface area contributed by atoms with Crippen LogP contribution >= 0.6 is 11.8 Å². The molecule has 42 heavy (non-hydrogen) atoms. The van der Waals surface area contributed by atoms with Crippen LogP contribution in [0.5, 0.6) is 11.5 Å². The second-order valence-electron chi connectivity index (χ2n) is 10.3. The number of rotatable bonds is 8. The summed E-state index contributed by atoms with van der Waals surface area (Å²) in [5.41, 5.74) is 5.23. The fourth-order valence-corrected chi connectivity index (χ4v) is 6.32. The maximum Gasteiger partial charge on any atom is 0.263 e. The zero-order chi connectivity index (χ0) is 28.8. The largest absolute Gasteiger partial charge is 0.454 e. The molecule has 9 nitrogen and oxygen atoms in total. The average Bonchev–Trinajstić information content (AvgIpc) is 3.73. The van der Waals surface area contributed by atoms with Gasteiger partial charge in [0.2, 0.25) is 12.6 Å². The highest BCUT2D eigenvalue weighted by atomic mass is 32.2. The van der Waals surface area contributed by atoms with E-state index < -0.39 is 0 Å². The summed E-state index contributed by atoms with van der Waals surface area (Å²) < 4.78 is 16.6. The Morgan fingerprint density at radius 3 is 2.48 bits per heavy atom. The molecule has 3 aromatic carbocycles. The molecule has 210 valence electrons. The number of aromatic nitrogens is 5. The average molecular weight is 578 g/mol. The highest BCUT2D eigenvalue weighted by Gasteiger charge is 2.21. The van der Waals surface area contributed by atoms with E-state index in [1.54, 1.807) is 4.57 Å². The number of nitrogens with zero attached hydrogens (tertiary/aromatic N) is 5. The Balaban J connectivity index is 1.17.